The minimum Gasteiger partial charge on any atom is -0.480 e. The molecule has 1 heterocycles. The lowest BCUT2D eigenvalue weighted by Crippen LogP contribution is -2.28. The van der Waals surface area contributed by atoms with E-state index in [2.05, 4.69) is 18.7 Å². The van der Waals surface area contributed by atoms with Crippen LogP contribution in [0.4, 0.5) is 0 Å². The van der Waals surface area contributed by atoms with Crippen molar-refractivity contribution in [3.05, 3.63) is 84.5 Å². The molecule has 2 atom stereocenters. The zero-order valence-corrected chi connectivity index (χ0v) is 13.5. The molecule has 23 heavy (non-hydrogen) atoms. The van der Waals surface area contributed by atoms with Crippen LogP contribution in [0.5, 0.6) is 0 Å². The van der Waals surface area contributed by atoms with E-state index in [-0.39, 0.29) is 11.9 Å². The molecule has 2 aliphatic rings. The van der Waals surface area contributed by atoms with Gasteiger partial charge in [0.15, 0.2) is 0 Å². The summed E-state index contributed by atoms with van der Waals surface area (Å²) in [6.45, 7) is 7.38. The molecule has 0 aromatic heterocycles. The number of ether oxygens (including phenoxy) is 1. The summed E-state index contributed by atoms with van der Waals surface area (Å²) in [4.78, 5) is 1.78. The van der Waals surface area contributed by atoms with E-state index in [9.17, 15) is 10.2 Å². The van der Waals surface area contributed by atoms with Gasteiger partial charge in [-0.3, -0.25) is 0 Å². The highest BCUT2D eigenvalue weighted by Gasteiger charge is 2.25. The zero-order valence-electron chi connectivity index (χ0n) is 13.5. The number of allylic oxidation sites excluding steroid dienone is 9. The maximum Gasteiger partial charge on any atom is 0.299 e. The van der Waals surface area contributed by atoms with Gasteiger partial charge < -0.3 is 19.8 Å². The number of hydrogen-bond donors (Lipinski definition) is 2. The Morgan fingerprint density at radius 3 is 2.96 bits per heavy atom. The number of aliphatic hydroxyl groups excluding tert-OH is 2. The van der Waals surface area contributed by atoms with Crippen LogP contribution in [-0.4, -0.2) is 21.2 Å². The van der Waals surface area contributed by atoms with Crippen molar-refractivity contribution in [2.75, 3.05) is 0 Å². The molecule has 4 nitrogen and oxygen atoms in total. The number of rotatable bonds is 5. The maximum absolute atomic E-state index is 9.92. The van der Waals surface area contributed by atoms with E-state index in [0.29, 0.717) is 5.70 Å². The molecular formula is C19H23NO3. The molecule has 0 fully saturated rings. The minimum atomic E-state index is -0.702. The summed E-state index contributed by atoms with van der Waals surface area (Å²) in [6.07, 6.45) is 16.8. The Balaban J connectivity index is 2.24. The van der Waals surface area contributed by atoms with E-state index in [4.69, 9.17) is 4.74 Å². The van der Waals surface area contributed by atoms with Crippen molar-refractivity contribution in [3.63, 3.8) is 0 Å². The van der Waals surface area contributed by atoms with E-state index in [1.807, 2.05) is 31.2 Å². The van der Waals surface area contributed by atoms with Crippen molar-refractivity contribution >= 4 is 0 Å². The molecule has 2 N–H and O–H groups in total. The molecule has 0 amide bonds. The van der Waals surface area contributed by atoms with E-state index in [1.165, 1.54) is 18.0 Å². The van der Waals surface area contributed by atoms with Crippen LogP contribution in [0.25, 0.3) is 0 Å². The molecule has 0 aromatic carbocycles. The lowest BCUT2D eigenvalue weighted by atomic mass is 9.89. The van der Waals surface area contributed by atoms with Crippen LogP contribution < -0.4 is 0 Å². The Labute approximate surface area is 137 Å². The highest BCUT2D eigenvalue weighted by molar-refractivity contribution is 5.35. The molecule has 0 radical (unpaired) electrons. The molecule has 0 bridgehead atoms. The van der Waals surface area contributed by atoms with Crippen molar-refractivity contribution in [1.29, 1.82) is 0 Å². The number of aliphatic hydroxyl groups is 2. The first-order valence-corrected chi connectivity index (χ1v) is 7.64. The molecule has 0 saturated carbocycles. The van der Waals surface area contributed by atoms with E-state index in [0.717, 1.165) is 12.1 Å². The third kappa shape index (κ3) is 4.05. The summed E-state index contributed by atoms with van der Waals surface area (Å²) in [7, 11) is 0. The van der Waals surface area contributed by atoms with Crippen LogP contribution in [-0.2, 0) is 4.74 Å². The quantitative estimate of drug-likeness (QED) is 0.752. The largest absolute Gasteiger partial charge is 0.480 e. The predicted molar refractivity (Wildman–Crippen MR) is 91.8 cm³/mol. The number of nitrogens with zero attached hydrogens (tertiary/aromatic N) is 1. The molecule has 2 unspecified atom stereocenters. The standard InChI is InChI=1S/C19H23NO3/c1-4-6-8-15(5-2)16-9-7-10-17(11-16)20-12-19(22)23-13-18(20)14(3)21/h4-10,12-14,16,21-22H,1,11H2,2-3H3/b8-6-,15-5+. The summed E-state index contributed by atoms with van der Waals surface area (Å²) in [6, 6.07) is 0. The molecule has 1 aliphatic carbocycles. The first-order valence-electron chi connectivity index (χ1n) is 7.64. The SMILES string of the molecule is C=C/C=C\C(=C/C)C1C=CC=C(N2C=C(O)OC=C2C(C)O)C1. The van der Waals surface area contributed by atoms with Crippen LogP contribution >= 0.6 is 0 Å². The second-order valence-corrected chi connectivity index (χ2v) is 5.41. The molecule has 4 heteroatoms. The molecule has 122 valence electrons. The monoisotopic (exact) mass is 313 g/mol. The average Bonchev–Trinajstić information content (AvgIpc) is 2.55. The average molecular weight is 313 g/mol. The van der Waals surface area contributed by atoms with Crippen LogP contribution in [0.1, 0.15) is 20.3 Å². The van der Waals surface area contributed by atoms with Gasteiger partial charge in [0.1, 0.15) is 6.26 Å². The summed E-state index contributed by atoms with van der Waals surface area (Å²) < 4.78 is 5.00. The highest BCUT2D eigenvalue weighted by atomic mass is 16.6. The Morgan fingerprint density at radius 1 is 1.52 bits per heavy atom. The lowest BCUT2D eigenvalue weighted by Gasteiger charge is -2.32. The molecular weight excluding hydrogens is 290 g/mol. The normalized spacial score (nSPS) is 23.1. The number of hydrogen-bond acceptors (Lipinski definition) is 4. The molecule has 0 aromatic rings. The summed E-state index contributed by atoms with van der Waals surface area (Å²) in [5.74, 6) is 0.0315. The van der Waals surface area contributed by atoms with Gasteiger partial charge in [0, 0.05) is 11.6 Å². The Kier molecular flexibility index (Phi) is 5.66. The van der Waals surface area contributed by atoms with Gasteiger partial charge in [0.25, 0.3) is 5.95 Å². The van der Waals surface area contributed by atoms with E-state index < -0.39 is 6.10 Å². The first kappa shape index (κ1) is 16.9. The van der Waals surface area contributed by atoms with Crippen molar-refractivity contribution in [3.8, 4) is 0 Å². The lowest BCUT2D eigenvalue weighted by molar-refractivity contribution is 0.123. The first-order chi connectivity index (χ1) is 11.1. The molecule has 1 aliphatic heterocycles. The van der Waals surface area contributed by atoms with Gasteiger partial charge in [-0.1, -0.05) is 43.0 Å². The molecule has 0 spiro atoms. The van der Waals surface area contributed by atoms with E-state index >= 15 is 0 Å². The fourth-order valence-electron chi connectivity index (χ4n) is 2.62. The molecule has 2 rings (SSSR count). The Hall–Kier alpha value is -2.46. The summed E-state index contributed by atoms with van der Waals surface area (Å²) in [5.41, 5.74) is 2.76. The van der Waals surface area contributed by atoms with Gasteiger partial charge in [-0.25, -0.2) is 0 Å². The fraction of sp³-hybridized carbons (Fsp3) is 0.263. The third-order valence-corrected chi connectivity index (χ3v) is 3.80. The maximum atomic E-state index is 9.92. The van der Waals surface area contributed by atoms with Crippen molar-refractivity contribution in [2.24, 2.45) is 5.92 Å². The summed E-state index contributed by atoms with van der Waals surface area (Å²) >= 11 is 0. The van der Waals surface area contributed by atoms with Gasteiger partial charge in [-0.05, 0) is 31.9 Å². The van der Waals surface area contributed by atoms with Gasteiger partial charge in [-0.15, -0.1) is 0 Å². The Bertz CT molecular complexity index is 633. The second-order valence-electron chi connectivity index (χ2n) is 5.41. The van der Waals surface area contributed by atoms with Crippen molar-refractivity contribution in [2.45, 2.75) is 26.4 Å². The third-order valence-electron chi connectivity index (χ3n) is 3.80. The highest BCUT2D eigenvalue weighted by Crippen LogP contribution is 2.32. The minimum absolute atomic E-state index is 0.195. The van der Waals surface area contributed by atoms with Gasteiger partial charge >= 0.3 is 0 Å². The second kappa shape index (κ2) is 7.70. The zero-order chi connectivity index (χ0) is 16.8. The van der Waals surface area contributed by atoms with Crippen LogP contribution in [0.15, 0.2) is 84.5 Å². The van der Waals surface area contributed by atoms with Crippen LogP contribution in [0.3, 0.4) is 0 Å². The smallest absolute Gasteiger partial charge is 0.299 e. The molecule has 0 saturated heterocycles. The van der Waals surface area contributed by atoms with E-state index in [1.54, 1.807) is 17.9 Å². The topological polar surface area (TPSA) is 52.9 Å². The van der Waals surface area contributed by atoms with Gasteiger partial charge in [0.05, 0.1) is 18.0 Å². The van der Waals surface area contributed by atoms with Gasteiger partial charge in [0.2, 0.25) is 0 Å². The van der Waals surface area contributed by atoms with Crippen LogP contribution in [0.2, 0.25) is 0 Å². The van der Waals surface area contributed by atoms with Gasteiger partial charge in [-0.2, -0.15) is 0 Å². The van der Waals surface area contributed by atoms with Crippen molar-refractivity contribution in [1.82, 2.24) is 4.90 Å². The van der Waals surface area contributed by atoms with Crippen molar-refractivity contribution < 1.29 is 14.9 Å². The summed E-state index contributed by atoms with van der Waals surface area (Å²) in [5, 5.41) is 19.6. The van der Waals surface area contributed by atoms with Crippen LogP contribution in [0, 0.1) is 5.92 Å². The fourth-order valence-corrected chi connectivity index (χ4v) is 2.62. The Morgan fingerprint density at radius 2 is 2.30 bits per heavy atom. The predicted octanol–water partition coefficient (Wildman–Crippen LogP) is 4.05.